The largest absolute Gasteiger partial charge is 0.392 e. The van der Waals surface area contributed by atoms with Crippen molar-refractivity contribution in [3.05, 3.63) is 42.0 Å². The highest BCUT2D eigenvalue weighted by atomic mass is 16.3. The van der Waals surface area contributed by atoms with Gasteiger partial charge in [-0.25, -0.2) is 0 Å². The van der Waals surface area contributed by atoms with Crippen molar-refractivity contribution in [1.82, 2.24) is 0 Å². The number of amides is 2. The second-order valence-corrected chi connectivity index (χ2v) is 5.00. The van der Waals surface area contributed by atoms with E-state index >= 15 is 0 Å². The fraction of sp³-hybridized carbons (Fsp3) is 0.333. The summed E-state index contributed by atoms with van der Waals surface area (Å²) in [5.41, 5.74) is 1.27. The molecule has 2 unspecified atom stereocenters. The number of hydrogen-bond acceptors (Lipinski definition) is 3. The number of carbonyl (C=O) groups is 2. The molecule has 1 fully saturated rings. The molecule has 1 aliphatic carbocycles. The van der Waals surface area contributed by atoms with Gasteiger partial charge in [-0.3, -0.25) is 14.5 Å². The van der Waals surface area contributed by atoms with Crippen molar-refractivity contribution in [2.24, 2.45) is 11.8 Å². The van der Waals surface area contributed by atoms with E-state index in [4.69, 9.17) is 5.11 Å². The number of fused-ring (bicyclic) bond motifs is 1. The third kappa shape index (κ3) is 1.88. The number of anilines is 1. The molecule has 0 spiro atoms. The molecule has 4 heteroatoms. The van der Waals surface area contributed by atoms with Crippen LogP contribution in [0.5, 0.6) is 0 Å². The molecule has 0 saturated carbocycles. The number of aliphatic hydroxyl groups excluding tert-OH is 1. The van der Waals surface area contributed by atoms with Gasteiger partial charge in [0.1, 0.15) is 0 Å². The predicted octanol–water partition coefficient (Wildman–Crippen LogP) is 1.63. The molecule has 4 nitrogen and oxygen atoms in total. The first-order valence-electron chi connectivity index (χ1n) is 6.45. The van der Waals surface area contributed by atoms with E-state index in [1.165, 1.54) is 4.90 Å². The Morgan fingerprint density at radius 1 is 1.11 bits per heavy atom. The summed E-state index contributed by atoms with van der Waals surface area (Å²) in [5.74, 6) is -0.658. The lowest BCUT2D eigenvalue weighted by molar-refractivity contribution is -0.122. The second kappa shape index (κ2) is 4.63. The maximum atomic E-state index is 12.4. The minimum atomic E-state index is -0.213. The van der Waals surface area contributed by atoms with Crippen LogP contribution in [-0.2, 0) is 16.2 Å². The fourth-order valence-corrected chi connectivity index (χ4v) is 2.85. The summed E-state index contributed by atoms with van der Waals surface area (Å²) in [6, 6.07) is 6.95. The first kappa shape index (κ1) is 12.1. The van der Waals surface area contributed by atoms with Crippen molar-refractivity contribution in [2.75, 3.05) is 4.90 Å². The van der Waals surface area contributed by atoms with Crippen molar-refractivity contribution < 1.29 is 14.7 Å². The number of benzene rings is 1. The normalized spacial score (nSPS) is 25.8. The fourth-order valence-electron chi connectivity index (χ4n) is 2.85. The minimum absolute atomic E-state index is 0.0987. The predicted molar refractivity (Wildman–Crippen MR) is 70.2 cm³/mol. The lowest BCUT2D eigenvalue weighted by Gasteiger charge is -2.15. The Bertz CT molecular complexity index is 538. The number of imide groups is 1. The number of allylic oxidation sites excluding steroid dienone is 2. The number of carbonyl (C=O) groups excluding carboxylic acids is 2. The van der Waals surface area contributed by atoms with Gasteiger partial charge in [0.05, 0.1) is 24.1 Å². The Hall–Kier alpha value is -1.94. The molecule has 1 aromatic carbocycles. The highest BCUT2D eigenvalue weighted by molar-refractivity contribution is 6.22. The van der Waals surface area contributed by atoms with Crippen molar-refractivity contribution in [1.29, 1.82) is 0 Å². The standard InChI is InChI=1S/C15H15NO3/c17-9-10-4-3-5-11(8-10)16-14(18)12-6-1-2-7-13(12)15(16)19/h1-5,8,12-13,17H,6-7,9H2. The van der Waals surface area contributed by atoms with Crippen LogP contribution < -0.4 is 4.90 Å². The zero-order chi connectivity index (χ0) is 13.4. The lowest BCUT2D eigenvalue weighted by atomic mass is 9.85. The van der Waals surface area contributed by atoms with Crippen LogP contribution in [0.25, 0.3) is 0 Å². The highest BCUT2D eigenvalue weighted by Gasteiger charge is 2.47. The van der Waals surface area contributed by atoms with Gasteiger partial charge in [0.2, 0.25) is 11.8 Å². The van der Waals surface area contributed by atoms with Gasteiger partial charge in [-0.1, -0.05) is 24.3 Å². The summed E-state index contributed by atoms with van der Waals surface area (Å²) in [6.07, 6.45) is 5.23. The minimum Gasteiger partial charge on any atom is -0.392 e. The van der Waals surface area contributed by atoms with Crippen LogP contribution in [0.4, 0.5) is 5.69 Å². The average Bonchev–Trinajstić information content (AvgIpc) is 2.72. The topological polar surface area (TPSA) is 57.6 Å². The zero-order valence-electron chi connectivity index (χ0n) is 10.5. The Morgan fingerprint density at radius 3 is 2.32 bits per heavy atom. The van der Waals surface area contributed by atoms with E-state index in [0.29, 0.717) is 24.1 Å². The molecule has 2 amide bonds. The van der Waals surface area contributed by atoms with E-state index in [9.17, 15) is 9.59 Å². The molecular weight excluding hydrogens is 242 g/mol. The summed E-state index contributed by atoms with van der Waals surface area (Å²) in [6.45, 7) is -0.0987. The molecule has 1 aliphatic heterocycles. The summed E-state index contributed by atoms with van der Waals surface area (Å²) in [7, 11) is 0. The summed E-state index contributed by atoms with van der Waals surface area (Å²) in [4.78, 5) is 26.0. The lowest BCUT2D eigenvalue weighted by Crippen LogP contribution is -2.30. The number of hydrogen-bond donors (Lipinski definition) is 1. The van der Waals surface area contributed by atoms with E-state index in [0.717, 1.165) is 0 Å². The van der Waals surface area contributed by atoms with Crippen LogP contribution in [0.1, 0.15) is 18.4 Å². The van der Waals surface area contributed by atoms with Gasteiger partial charge < -0.3 is 5.11 Å². The SMILES string of the molecule is O=C1C2CC=CCC2C(=O)N1c1cccc(CO)c1. The van der Waals surface area contributed by atoms with E-state index in [-0.39, 0.29) is 30.3 Å². The van der Waals surface area contributed by atoms with Crippen LogP contribution in [0, 0.1) is 11.8 Å². The van der Waals surface area contributed by atoms with Crippen LogP contribution in [0.2, 0.25) is 0 Å². The second-order valence-electron chi connectivity index (χ2n) is 5.00. The monoisotopic (exact) mass is 257 g/mol. The Kier molecular flexibility index (Phi) is 2.95. The van der Waals surface area contributed by atoms with Gasteiger partial charge in [-0.05, 0) is 30.5 Å². The first-order chi connectivity index (χ1) is 9.22. The smallest absolute Gasteiger partial charge is 0.238 e. The Labute approximate surface area is 111 Å². The van der Waals surface area contributed by atoms with Crippen LogP contribution in [0.15, 0.2) is 36.4 Å². The van der Waals surface area contributed by atoms with Crippen LogP contribution in [0.3, 0.4) is 0 Å². The quantitative estimate of drug-likeness (QED) is 0.647. The maximum absolute atomic E-state index is 12.4. The molecule has 3 rings (SSSR count). The summed E-state index contributed by atoms with van der Waals surface area (Å²) < 4.78 is 0. The number of aliphatic hydroxyl groups is 1. The molecule has 1 heterocycles. The molecule has 1 aromatic rings. The third-order valence-electron chi connectivity index (χ3n) is 3.86. The Balaban J connectivity index is 1.97. The van der Waals surface area contributed by atoms with E-state index < -0.39 is 0 Å². The van der Waals surface area contributed by atoms with Crippen molar-refractivity contribution in [3.8, 4) is 0 Å². The van der Waals surface area contributed by atoms with Crippen molar-refractivity contribution in [3.63, 3.8) is 0 Å². The highest BCUT2D eigenvalue weighted by Crippen LogP contribution is 2.37. The molecule has 2 aliphatic rings. The van der Waals surface area contributed by atoms with Gasteiger partial charge in [-0.2, -0.15) is 0 Å². The van der Waals surface area contributed by atoms with Gasteiger partial charge in [0.15, 0.2) is 0 Å². The van der Waals surface area contributed by atoms with Crippen LogP contribution in [-0.4, -0.2) is 16.9 Å². The molecular formula is C15H15NO3. The van der Waals surface area contributed by atoms with E-state index in [1.807, 2.05) is 12.2 Å². The van der Waals surface area contributed by atoms with Gasteiger partial charge in [0, 0.05) is 0 Å². The molecule has 19 heavy (non-hydrogen) atoms. The van der Waals surface area contributed by atoms with E-state index in [2.05, 4.69) is 0 Å². The Morgan fingerprint density at radius 2 is 1.74 bits per heavy atom. The maximum Gasteiger partial charge on any atom is 0.238 e. The van der Waals surface area contributed by atoms with Crippen LogP contribution >= 0.6 is 0 Å². The van der Waals surface area contributed by atoms with Gasteiger partial charge in [-0.15, -0.1) is 0 Å². The molecule has 2 atom stereocenters. The average molecular weight is 257 g/mol. The summed E-state index contributed by atoms with van der Waals surface area (Å²) >= 11 is 0. The van der Waals surface area contributed by atoms with Crippen molar-refractivity contribution >= 4 is 17.5 Å². The molecule has 0 aromatic heterocycles. The molecule has 0 bridgehead atoms. The summed E-state index contributed by atoms with van der Waals surface area (Å²) in [5, 5.41) is 9.14. The molecule has 98 valence electrons. The molecule has 1 saturated heterocycles. The van der Waals surface area contributed by atoms with Gasteiger partial charge in [0.25, 0.3) is 0 Å². The first-order valence-corrected chi connectivity index (χ1v) is 6.45. The molecule has 1 N–H and O–H groups in total. The van der Waals surface area contributed by atoms with Crippen molar-refractivity contribution in [2.45, 2.75) is 19.4 Å². The van der Waals surface area contributed by atoms with Gasteiger partial charge >= 0.3 is 0 Å². The third-order valence-corrected chi connectivity index (χ3v) is 3.86. The van der Waals surface area contributed by atoms with E-state index in [1.54, 1.807) is 24.3 Å². The number of rotatable bonds is 2. The zero-order valence-corrected chi connectivity index (χ0v) is 10.5. The molecule has 0 radical (unpaired) electrons. The number of nitrogens with zero attached hydrogens (tertiary/aromatic N) is 1.